The SMILES string of the molecule is CC(Oc1cc2c(cc1OC(C)C(=O)O)-c1nc-2nc2[nH]c(nc3nc(nc4[nH]c(n1)c1cc(OC(C)C(=O)O)c(OC(C)C(=O)O)cc41)-c1cc(OC(C)C(=O)O)c(OC(C)C(=O)O)cc1-3)c1cc(OC(C)C(=O)O)c(OC(C)C(=O)O)cc21)C(=O)O. The zero-order valence-corrected chi connectivity index (χ0v) is 47.0. The van der Waals surface area contributed by atoms with Crippen LogP contribution >= 0.6 is 0 Å². The Morgan fingerprint density at radius 2 is 0.420 bits per heavy atom. The van der Waals surface area contributed by atoms with Gasteiger partial charge in [0, 0.05) is 43.8 Å². The summed E-state index contributed by atoms with van der Waals surface area (Å²) in [7, 11) is 0. The van der Waals surface area contributed by atoms with Gasteiger partial charge in [0.2, 0.25) is 0 Å². The molecule has 7 aromatic rings. The van der Waals surface area contributed by atoms with Crippen LogP contribution in [0.25, 0.3) is 89.7 Å². The highest BCUT2D eigenvalue weighted by Gasteiger charge is 2.32. The van der Waals surface area contributed by atoms with Crippen molar-refractivity contribution in [1.82, 2.24) is 39.9 Å². The van der Waals surface area contributed by atoms with Gasteiger partial charge in [0.25, 0.3) is 0 Å². The summed E-state index contributed by atoms with van der Waals surface area (Å²) in [5.74, 6) is -15.1. The summed E-state index contributed by atoms with van der Waals surface area (Å²) in [4.78, 5) is 133. The van der Waals surface area contributed by atoms with E-state index in [0.29, 0.717) is 0 Å². The summed E-state index contributed by atoms with van der Waals surface area (Å²) in [5, 5.41) is 79.8. The zero-order chi connectivity index (χ0) is 64.1. The number of H-pyrrole nitrogens is 2. The van der Waals surface area contributed by atoms with Crippen LogP contribution in [0.15, 0.2) is 48.5 Å². The minimum atomic E-state index is -1.58. The molecule has 32 nitrogen and oxygen atoms in total. The average Bonchev–Trinajstić information content (AvgIpc) is 1.63. The van der Waals surface area contributed by atoms with E-state index in [2.05, 4.69) is 9.97 Å². The number of nitrogens with zero attached hydrogens (tertiary/aromatic N) is 6. The predicted molar refractivity (Wildman–Crippen MR) is 298 cm³/mol. The highest BCUT2D eigenvalue weighted by molar-refractivity contribution is 6.08. The molecule has 2 aliphatic rings. The maximum Gasteiger partial charge on any atom is 0.344 e. The van der Waals surface area contributed by atoms with Crippen molar-refractivity contribution in [3.63, 3.8) is 0 Å². The van der Waals surface area contributed by atoms with Crippen LogP contribution in [0.3, 0.4) is 0 Å². The molecule has 2 aliphatic heterocycles. The number of ether oxygens (including phenoxy) is 8. The molecule has 32 heteroatoms. The third kappa shape index (κ3) is 12.3. The van der Waals surface area contributed by atoms with E-state index in [9.17, 15) is 79.2 Å². The van der Waals surface area contributed by atoms with Crippen LogP contribution in [-0.2, 0) is 38.4 Å². The number of carbonyl (C=O) groups is 8. The Bertz CT molecular complexity index is 3770. The molecule has 0 saturated carbocycles. The standard InChI is InChI=1S/C56H50N8O24/c1-17(49(65)66)81-33-9-25-26(10-34(33)82-18(2)50(67)68)42-57-41(25)61-43-27-11-35(83-19(3)51(69)70)36(84-20(4)52(71)72)12-28(27)45(58-43)63-47-31-15-39(87-23(7)55(77)78)40(88-24(8)56(79)80)16-32(31)48(60-47)64-46-30-14-38(86-22(6)54(75)76)37(85-21(5)53(73)74)13-29(30)44(59-46)62-42/h9-24H,1-8H3,(H,65,66)(H,67,68)(H,69,70)(H,71,72)(H,73,74)(H,75,76)(H,77,78)(H,79,80)(H2,57,58,59,60,61,62,63,64). The molecule has 8 unspecified atom stereocenters. The number of hydrogen-bond donors (Lipinski definition) is 10. The first-order valence-electron chi connectivity index (χ1n) is 26.2. The molecule has 9 rings (SSSR count). The number of carboxylic acids is 8. The number of benzene rings is 4. The first kappa shape index (κ1) is 61.0. The predicted octanol–water partition coefficient (Wildman–Crippen LogP) is 5.68. The Morgan fingerprint density at radius 1 is 0.273 bits per heavy atom. The third-order valence-corrected chi connectivity index (χ3v) is 13.3. The highest BCUT2D eigenvalue weighted by Crippen LogP contribution is 2.47. The lowest BCUT2D eigenvalue weighted by Crippen LogP contribution is -2.25. The Balaban J connectivity index is 1.50. The molecule has 10 N–H and O–H groups in total. The van der Waals surface area contributed by atoms with Gasteiger partial charge < -0.3 is 88.7 Å². The molecule has 3 aromatic heterocycles. The fourth-order valence-electron chi connectivity index (χ4n) is 8.48. The summed E-state index contributed by atoms with van der Waals surface area (Å²) in [6.07, 6.45) is -12.6. The van der Waals surface area contributed by atoms with Crippen LogP contribution in [0, 0.1) is 0 Å². The minimum absolute atomic E-state index is 0.0168. The first-order chi connectivity index (χ1) is 41.5. The monoisotopic (exact) mass is 1220 g/mol. The second kappa shape index (κ2) is 23.8. The lowest BCUT2D eigenvalue weighted by atomic mass is 10.1. The van der Waals surface area contributed by atoms with Gasteiger partial charge in [-0.3, -0.25) is 0 Å². The number of aromatic amines is 2. The van der Waals surface area contributed by atoms with Crippen LogP contribution in [0.2, 0.25) is 0 Å². The molecule has 0 aliphatic carbocycles. The third-order valence-electron chi connectivity index (χ3n) is 13.3. The number of fused-ring (bicyclic) bond motifs is 20. The van der Waals surface area contributed by atoms with E-state index >= 15 is 0 Å². The molecule has 8 bridgehead atoms. The maximum atomic E-state index is 12.2. The number of rotatable bonds is 24. The molecular formula is C56H50N8O24. The van der Waals surface area contributed by atoms with Crippen molar-refractivity contribution >= 4 is 91.9 Å². The lowest BCUT2D eigenvalue weighted by Gasteiger charge is -2.18. The minimum Gasteiger partial charge on any atom is -0.479 e. The van der Waals surface area contributed by atoms with E-state index in [1.54, 1.807) is 0 Å². The molecule has 88 heavy (non-hydrogen) atoms. The van der Waals surface area contributed by atoms with Gasteiger partial charge in [-0.15, -0.1) is 0 Å². The van der Waals surface area contributed by atoms with Gasteiger partial charge in [0.1, 0.15) is 22.6 Å². The molecule has 5 heterocycles. The van der Waals surface area contributed by atoms with E-state index in [0.717, 1.165) is 0 Å². The van der Waals surface area contributed by atoms with E-state index in [1.165, 1.54) is 104 Å². The highest BCUT2D eigenvalue weighted by atomic mass is 16.6. The number of carboxylic acid groups (broad SMARTS) is 8. The van der Waals surface area contributed by atoms with Crippen LogP contribution in [0.1, 0.15) is 55.4 Å². The molecule has 0 saturated heterocycles. The van der Waals surface area contributed by atoms with E-state index in [-0.39, 0.29) is 136 Å². The molecular weight excluding hydrogens is 1170 g/mol. The van der Waals surface area contributed by atoms with Crippen molar-refractivity contribution in [2.24, 2.45) is 0 Å². The summed E-state index contributed by atoms with van der Waals surface area (Å²) < 4.78 is 46.7. The Kier molecular flexibility index (Phi) is 16.5. The quantitative estimate of drug-likeness (QED) is 0.0347. The first-order valence-corrected chi connectivity index (χ1v) is 26.2. The summed E-state index contributed by atoms with van der Waals surface area (Å²) >= 11 is 0. The van der Waals surface area contributed by atoms with Gasteiger partial charge in [-0.05, 0) is 104 Å². The normalized spacial score (nSPS) is 14.3. The Labute approximate surface area is 491 Å². The molecule has 0 radical (unpaired) electrons. The van der Waals surface area contributed by atoms with Crippen molar-refractivity contribution in [3.05, 3.63) is 48.5 Å². The zero-order valence-electron chi connectivity index (χ0n) is 47.0. The summed E-state index contributed by atoms with van der Waals surface area (Å²) in [6, 6.07) is 10.0. The molecule has 8 atom stereocenters. The Hall–Kier alpha value is -11.6. The van der Waals surface area contributed by atoms with Crippen molar-refractivity contribution < 1.29 is 117 Å². The largest absolute Gasteiger partial charge is 0.479 e. The van der Waals surface area contributed by atoms with Crippen LogP contribution in [0.5, 0.6) is 46.0 Å². The van der Waals surface area contributed by atoms with Gasteiger partial charge in [0.05, 0.1) is 0 Å². The number of nitrogens with one attached hydrogen (secondary N) is 2. The van der Waals surface area contributed by atoms with Gasteiger partial charge in [-0.1, -0.05) is 0 Å². The van der Waals surface area contributed by atoms with Gasteiger partial charge >= 0.3 is 47.8 Å². The Morgan fingerprint density at radius 3 is 0.568 bits per heavy atom. The van der Waals surface area contributed by atoms with E-state index in [4.69, 9.17) is 67.8 Å². The van der Waals surface area contributed by atoms with E-state index in [1.807, 2.05) is 0 Å². The molecule has 4 aromatic carbocycles. The summed E-state index contributed by atoms with van der Waals surface area (Å²) in [5.41, 5.74) is -0.592. The number of aliphatic carboxylic acids is 8. The number of hydrogen-bond acceptors (Lipinski definition) is 22. The molecule has 0 amide bonds. The van der Waals surface area contributed by atoms with Crippen molar-refractivity contribution in [3.8, 4) is 91.5 Å². The van der Waals surface area contributed by atoms with Crippen LogP contribution in [0.4, 0.5) is 0 Å². The average molecular weight is 1220 g/mol. The van der Waals surface area contributed by atoms with Crippen molar-refractivity contribution in [1.29, 1.82) is 0 Å². The fourth-order valence-corrected chi connectivity index (χ4v) is 8.48. The van der Waals surface area contributed by atoms with E-state index < -0.39 is 96.6 Å². The van der Waals surface area contributed by atoms with Crippen LogP contribution in [-0.4, -0.2) is 177 Å². The lowest BCUT2D eigenvalue weighted by molar-refractivity contribution is -0.145. The van der Waals surface area contributed by atoms with Crippen LogP contribution < -0.4 is 37.9 Å². The molecule has 0 fully saturated rings. The fraction of sp³-hybridized carbons (Fsp3) is 0.286. The van der Waals surface area contributed by atoms with Gasteiger partial charge in [-0.2, -0.15) is 0 Å². The van der Waals surface area contributed by atoms with Crippen molar-refractivity contribution in [2.75, 3.05) is 0 Å². The van der Waals surface area contributed by atoms with Crippen molar-refractivity contribution in [2.45, 2.75) is 104 Å². The second-order valence-corrected chi connectivity index (χ2v) is 19.8. The topological polar surface area (TPSA) is 481 Å². The number of aromatic nitrogens is 8. The second-order valence-electron chi connectivity index (χ2n) is 19.8. The smallest absolute Gasteiger partial charge is 0.344 e. The molecule has 0 spiro atoms. The summed E-state index contributed by atoms with van der Waals surface area (Å²) in [6.45, 7) is 9.50. The van der Waals surface area contributed by atoms with Gasteiger partial charge in [0.15, 0.2) is 118 Å². The van der Waals surface area contributed by atoms with Gasteiger partial charge in [-0.25, -0.2) is 68.3 Å². The maximum absolute atomic E-state index is 12.2. The molecule has 458 valence electrons.